The molecule has 9 N–H and O–H groups in total. The fraction of sp³-hybridized carbons (Fsp3) is 0.371. The second kappa shape index (κ2) is 28.5. The third-order valence-corrected chi connectivity index (χ3v) is 15.5. The van der Waals surface area contributed by atoms with Crippen molar-refractivity contribution in [3.8, 4) is 5.75 Å². The number of hydrogen-bond acceptors (Lipinski definition) is 12. The smallest absolute Gasteiger partial charge is 0.407 e. The first-order chi connectivity index (χ1) is 39.8. The van der Waals surface area contributed by atoms with Crippen molar-refractivity contribution in [3.05, 3.63) is 172 Å². The number of benzene rings is 5. The fourth-order valence-corrected chi connectivity index (χ4v) is 11.0. The molecule has 3 aliphatic heterocycles. The molecule has 0 aliphatic carbocycles. The lowest BCUT2D eigenvalue weighted by Crippen LogP contribution is -2.60. The lowest BCUT2D eigenvalue weighted by Gasteiger charge is -2.33. The summed E-state index contributed by atoms with van der Waals surface area (Å²) in [6, 6.07) is 34.2. The van der Waals surface area contributed by atoms with Gasteiger partial charge in [0.2, 0.25) is 29.5 Å². The van der Waals surface area contributed by atoms with E-state index in [2.05, 4.69) is 41.8 Å². The molecule has 7 atom stereocenters. The Morgan fingerprint density at radius 3 is 2.00 bits per heavy atom. The number of nitrogens with zero attached hydrogens (tertiary/aromatic N) is 2. The van der Waals surface area contributed by atoms with Crippen LogP contribution in [0.3, 0.4) is 0 Å². The molecular formula is C62H71ClN10O9. The first kappa shape index (κ1) is 58.6. The minimum absolute atomic E-state index is 0.0388. The molecule has 6 amide bonds. The monoisotopic (exact) mass is 1130 g/mol. The molecule has 0 radical (unpaired) electrons. The van der Waals surface area contributed by atoms with Crippen molar-refractivity contribution < 1.29 is 43.0 Å². The highest BCUT2D eigenvalue weighted by Gasteiger charge is 2.45. The van der Waals surface area contributed by atoms with E-state index < -0.39 is 83.6 Å². The van der Waals surface area contributed by atoms with Gasteiger partial charge in [-0.3, -0.25) is 28.8 Å². The highest BCUT2D eigenvalue weighted by atomic mass is 35.5. The van der Waals surface area contributed by atoms with Gasteiger partial charge in [0.15, 0.2) is 5.78 Å². The molecular weight excluding hydrogens is 1060 g/mol. The van der Waals surface area contributed by atoms with E-state index in [1.165, 1.54) is 4.90 Å². The molecule has 0 spiro atoms. The molecule has 4 heterocycles. The van der Waals surface area contributed by atoms with Crippen molar-refractivity contribution in [2.75, 3.05) is 52.4 Å². The van der Waals surface area contributed by atoms with Crippen LogP contribution in [0.4, 0.5) is 4.79 Å². The number of hydrogen-bond donors (Lipinski definition) is 8. The van der Waals surface area contributed by atoms with Crippen LogP contribution in [-0.2, 0) is 65.8 Å². The number of ketones is 1. The van der Waals surface area contributed by atoms with E-state index in [1.54, 1.807) is 54.7 Å². The number of nitrogens with one attached hydrogen (secondary N) is 7. The molecule has 5 aromatic carbocycles. The number of amides is 6. The van der Waals surface area contributed by atoms with E-state index in [1.807, 2.05) is 84.9 Å². The Morgan fingerprint density at radius 2 is 1.28 bits per heavy atom. The molecule has 9 rings (SSSR count). The summed E-state index contributed by atoms with van der Waals surface area (Å²) in [5, 5.41) is 19.2. The first-order valence-electron chi connectivity index (χ1n) is 28.1. The maximum atomic E-state index is 15.5. The third kappa shape index (κ3) is 16.1. The Balaban J connectivity index is 1.11. The van der Waals surface area contributed by atoms with Gasteiger partial charge in [-0.1, -0.05) is 115 Å². The quantitative estimate of drug-likeness (QED) is 0.0641. The molecule has 20 heteroatoms. The van der Waals surface area contributed by atoms with Gasteiger partial charge in [0.25, 0.3) is 0 Å². The number of carbonyl (C=O) groups excluding carboxylic acids is 7. The van der Waals surface area contributed by atoms with Crippen molar-refractivity contribution in [2.24, 2.45) is 11.7 Å². The predicted molar refractivity (Wildman–Crippen MR) is 310 cm³/mol. The van der Waals surface area contributed by atoms with Gasteiger partial charge < -0.3 is 61.9 Å². The number of H-pyrrole nitrogens is 1. The van der Waals surface area contributed by atoms with Crippen LogP contribution in [-0.4, -0.2) is 145 Å². The molecule has 1 aromatic heterocycles. The molecule has 3 aliphatic rings. The number of alkyl carbamates (subject to hydrolysis) is 1. The summed E-state index contributed by atoms with van der Waals surface area (Å²) in [4.78, 5) is 111. The van der Waals surface area contributed by atoms with Gasteiger partial charge in [0, 0.05) is 100 Å². The van der Waals surface area contributed by atoms with E-state index in [9.17, 15) is 4.79 Å². The predicted octanol–water partition coefficient (Wildman–Crippen LogP) is 4.15. The number of nitrogens with two attached hydrogens (primary N) is 1. The van der Waals surface area contributed by atoms with Crippen molar-refractivity contribution in [2.45, 2.75) is 87.9 Å². The zero-order valence-corrected chi connectivity index (χ0v) is 46.4. The number of piperazine rings is 1. The molecule has 430 valence electrons. The number of Topliss-reactive ketones (excluding diaryl/α,β-unsaturated/α-hetero) is 1. The molecule has 82 heavy (non-hydrogen) atoms. The Morgan fingerprint density at radius 1 is 0.659 bits per heavy atom. The lowest BCUT2D eigenvalue weighted by atomic mass is 9.92. The van der Waals surface area contributed by atoms with Crippen LogP contribution < -0.4 is 42.4 Å². The van der Waals surface area contributed by atoms with Gasteiger partial charge in [-0.15, -0.1) is 0 Å². The second-order valence-electron chi connectivity index (χ2n) is 21.2. The molecule has 19 nitrogen and oxygen atoms in total. The van der Waals surface area contributed by atoms with E-state index in [0.29, 0.717) is 61.1 Å². The first-order valence-corrected chi connectivity index (χ1v) is 28.4. The van der Waals surface area contributed by atoms with Gasteiger partial charge in [0.05, 0.1) is 18.5 Å². The number of aromatic nitrogens is 1. The molecule has 0 saturated carbocycles. The second-order valence-corrected chi connectivity index (χ2v) is 21.6. The summed E-state index contributed by atoms with van der Waals surface area (Å²) in [7, 11) is 0. The Kier molecular flexibility index (Phi) is 20.4. The zero-order valence-electron chi connectivity index (χ0n) is 45.7. The van der Waals surface area contributed by atoms with Crippen LogP contribution in [0, 0.1) is 5.92 Å². The van der Waals surface area contributed by atoms with Crippen molar-refractivity contribution in [3.63, 3.8) is 0 Å². The van der Waals surface area contributed by atoms with E-state index in [-0.39, 0.29) is 64.7 Å². The number of halogens is 1. The number of carbonyl (C=O) groups is 7. The van der Waals surface area contributed by atoms with Crippen molar-refractivity contribution in [1.29, 1.82) is 0 Å². The summed E-state index contributed by atoms with van der Waals surface area (Å²) >= 11 is 6.32. The molecule has 3 saturated heterocycles. The van der Waals surface area contributed by atoms with Crippen molar-refractivity contribution in [1.82, 2.24) is 46.7 Å². The topological polar surface area (TPSA) is 258 Å². The summed E-state index contributed by atoms with van der Waals surface area (Å²) in [5.74, 6) is -4.21. The molecule has 0 bridgehead atoms. The number of ether oxygens (including phenoxy) is 2. The number of para-hydroxylation sites is 1. The number of fused-ring (bicyclic) bond motifs is 2. The standard InChI is InChI=1S/C62H71ClN10O9/c63-46-20-15-41(16-21-46)32-54-61(79)73-38-48(82-62(80)66-26-25-64)35-55(73)60(78)68-51(24-19-40-9-3-1-4-10-40)58(76)69-52(33-44-36-67-50-14-8-7-13-49(44)50)56(74)34-45(37-72-29-27-65-28-30-72)57(75)70-53(59(77)71-54)31-42-17-22-47(23-18-42)81-39-43-11-5-2-6-12-43/h1-18,20-23,36,45,48,51-55,65,67H,19,24-35,37-39,64H2,(H,66,80)(H,68,78)(H,69,76)(H,70,75)(H,71,77)/t45-,48+,51+,52+,53-,54-,55-/m0/s1. The van der Waals surface area contributed by atoms with Crippen LogP contribution in [0.15, 0.2) is 140 Å². The Labute approximate surface area is 481 Å². The molecule has 3 fully saturated rings. The molecule has 6 aromatic rings. The van der Waals surface area contributed by atoms with Crippen LogP contribution >= 0.6 is 11.6 Å². The minimum atomic E-state index is -1.36. The van der Waals surface area contributed by atoms with E-state index in [4.69, 9.17) is 26.8 Å². The van der Waals surface area contributed by atoms with E-state index in [0.717, 1.165) is 27.6 Å². The van der Waals surface area contributed by atoms with Crippen molar-refractivity contribution >= 4 is 63.9 Å². The Hall–Kier alpha value is -8.10. The average molecular weight is 1140 g/mol. The van der Waals surface area contributed by atoms with Gasteiger partial charge in [-0.25, -0.2) is 4.79 Å². The summed E-state index contributed by atoms with van der Waals surface area (Å²) < 4.78 is 11.9. The largest absolute Gasteiger partial charge is 0.489 e. The normalized spacial score (nSPS) is 22.5. The van der Waals surface area contributed by atoms with E-state index >= 15 is 28.8 Å². The van der Waals surface area contributed by atoms with Gasteiger partial charge >= 0.3 is 6.09 Å². The van der Waals surface area contributed by atoms with Gasteiger partial charge in [0.1, 0.15) is 42.6 Å². The van der Waals surface area contributed by atoms with Crippen LogP contribution in [0.1, 0.15) is 47.1 Å². The SMILES string of the molecule is NCCNC(=O)O[C@@H]1C[C@H]2C(=O)N[C@H](CCc3ccccc3)C(=O)N[C@H](Cc3c[nH]c4ccccc34)C(=O)C[C@@H](CN3CCNCC3)C(=O)N[C@@H](Cc3ccc(OCc4ccccc4)cc3)C(=O)N[C@@H](Cc3ccc(Cl)cc3)C(=O)N2C1. The van der Waals surface area contributed by atoms with Crippen LogP contribution in [0.5, 0.6) is 5.75 Å². The Bertz CT molecular complexity index is 3140. The number of aromatic amines is 1. The number of rotatable bonds is 17. The third-order valence-electron chi connectivity index (χ3n) is 15.3. The fourth-order valence-electron chi connectivity index (χ4n) is 10.8. The van der Waals surface area contributed by atoms with Crippen LogP contribution in [0.25, 0.3) is 10.9 Å². The lowest BCUT2D eigenvalue weighted by molar-refractivity contribution is -0.143. The maximum absolute atomic E-state index is 15.5. The van der Waals surface area contributed by atoms with Gasteiger partial charge in [-0.2, -0.15) is 0 Å². The highest BCUT2D eigenvalue weighted by molar-refractivity contribution is 6.30. The van der Waals surface area contributed by atoms with Crippen LogP contribution in [0.2, 0.25) is 5.02 Å². The molecule has 0 unspecified atom stereocenters. The summed E-state index contributed by atoms with van der Waals surface area (Å²) in [5.41, 5.74) is 10.4. The number of aryl methyl sites for hydroxylation is 1. The highest BCUT2D eigenvalue weighted by Crippen LogP contribution is 2.26. The average Bonchev–Trinajstić information content (AvgIpc) is 4.34. The minimum Gasteiger partial charge on any atom is -0.489 e. The summed E-state index contributed by atoms with van der Waals surface area (Å²) in [6.45, 7) is 2.97. The summed E-state index contributed by atoms with van der Waals surface area (Å²) in [6.07, 6.45) is -0.158. The van der Waals surface area contributed by atoms with Gasteiger partial charge in [-0.05, 0) is 71.0 Å². The maximum Gasteiger partial charge on any atom is 0.407 e. The zero-order chi connectivity index (χ0) is 57.4.